The fraction of sp³-hybridized carbons (Fsp3) is 0.350. The molecule has 0 atom stereocenters. The number of rotatable bonds is 4. The van der Waals surface area contributed by atoms with Crippen molar-refractivity contribution in [1.29, 1.82) is 0 Å². The lowest BCUT2D eigenvalue weighted by Crippen LogP contribution is -2.45. The Hall–Kier alpha value is -2.18. The minimum atomic E-state index is -1.22. The molecular weight excluding hydrogens is 384 g/mol. The van der Waals surface area contributed by atoms with Crippen LogP contribution in [0.4, 0.5) is 0 Å². The lowest BCUT2D eigenvalue weighted by Gasteiger charge is -2.27. The zero-order chi connectivity index (χ0) is 19.9. The number of aromatic nitrogens is 2. The van der Waals surface area contributed by atoms with Crippen LogP contribution in [0.5, 0.6) is 0 Å². The minimum absolute atomic E-state index is 0.236. The first kappa shape index (κ1) is 19.6. The average molecular weight is 405 g/mol. The van der Waals surface area contributed by atoms with E-state index >= 15 is 0 Å². The Morgan fingerprint density at radius 3 is 2.48 bits per heavy atom. The van der Waals surface area contributed by atoms with E-state index in [0.29, 0.717) is 26.6 Å². The summed E-state index contributed by atoms with van der Waals surface area (Å²) in [5.41, 5.74) is 0.138. The normalized spacial score (nSPS) is 11.8. The summed E-state index contributed by atoms with van der Waals surface area (Å²) in [5, 5.41) is 1.13. The van der Waals surface area contributed by atoms with Gasteiger partial charge in [0.1, 0.15) is 16.2 Å². The van der Waals surface area contributed by atoms with Gasteiger partial charge in [-0.2, -0.15) is 0 Å². The van der Waals surface area contributed by atoms with Crippen LogP contribution in [0.1, 0.15) is 31.2 Å². The average Bonchev–Trinajstić information content (AvgIpc) is 2.89. The number of hydrogen-bond donors (Lipinski definition) is 0. The highest BCUT2D eigenvalue weighted by Crippen LogP contribution is 2.31. The van der Waals surface area contributed by atoms with Gasteiger partial charge in [-0.15, -0.1) is 11.3 Å². The molecule has 0 fully saturated rings. The summed E-state index contributed by atoms with van der Waals surface area (Å²) in [5.74, 6) is -0.0588. The molecule has 0 N–H and O–H groups in total. The van der Waals surface area contributed by atoms with Crippen molar-refractivity contribution in [2.24, 2.45) is 0 Å². The third-order valence-corrected chi connectivity index (χ3v) is 5.99. The molecule has 0 aliphatic rings. The van der Waals surface area contributed by atoms with Crippen LogP contribution in [0.25, 0.3) is 21.6 Å². The number of fused-ring (bicyclic) bond motifs is 1. The molecule has 0 aliphatic heterocycles. The van der Waals surface area contributed by atoms with Crippen molar-refractivity contribution in [3.8, 4) is 11.4 Å². The first-order valence-corrected chi connectivity index (χ1v) is 9.84. The highest BCUT2D eigenvalue weighted by Gasteiger charge is 2.36. The zero-order valence-electron chi connectivity index (χ0n) is 15.9. The van der Waals surface area contributed by atoms with E-state index in [1.165, 1.54) is 15.9 Å². The summed E-state index contributed by atoms with van der Waals surface area (Å²) < 4.78 is 6.67. The van der Waals surface area contributed by atoms with E-state index in [9.17, 15) is 9.59 Å². The van der Waals surface area contributed by atoms with Crippen molar-refractivity contribution in [3.05, 3.63) is 50.1 Å². The van der Waals surface area contributed by atoms with Gasteiger partial charge in [-0.25, -0.2) is 9.78 Å². The number of thiophene rings is 1. The van der Waals surface area contributed by atoms with Gasteiger partial charge in [-0.05, 0) is 64.4 Å². The van der Waals surface area contributed by atoms with Gasteiger partial charge in [0.15, 0.2) is 0 Å². The number of benzene rings is 1. The number of hydrogen-bond acceptors (Lipinski definition) is 5. The van der Waals surface area contributed by atoms with Crippen LogP contribution in [-0.4, -0.2) is 22.1 Å². The van der Waals surface area contributed by atoms with Crippen LogP contribution in [0.3, 0.4) is 0 Å². The Morgan fingerprint density at radius 1 is 1.26 bits per heavy atom. The van der Waals surface area contributed by atoms with Gasteiger partial charge in [-0.1, -0.05) is 11.6 Å². The second-order valence-corrected chi connectivity index (χ2v) is 8.47. The molecule has 0 saturated heterocycles. The Morgan fingerprint density at radius 2 is 1.89 bits per heavy atom. The molecule has 0 radical (unpaired) electrons. The Balaban J connectivity index is 2.41. The maximum atomic E-state index is 13.5. The van der Waals surface area contributed by atoms with E-state index < -0.39 is 11.5 Å². The van der Waals surface area contributed by atoms with Crippen LogP contribution in [0, 0.1) is 13.8 Å². The molecule has 0 unspecified atom stereocenters. The van der Waals surface area contributed by atoms with Crippen LogP contribution in [0.2, 0.25) is 5.02 Å². The van der Waals surface area contributed by atoms with Gasteiger partial charge in [0.25, 0.3) is 5.56 Å². The summed E-state index contributed by atoms with van der Waals surface area (Å²) in [7, 11) is 0. The van der Waals surface area contributed by atoms with Crippen LogP contribution < -0.4 is 5.56 Å². The SMILES string of the molecule is CCOC(=O)C(C)(C)n1c(-c2ccc(Cl)cc2)nc2sc(C)c(C)c2c1=O. The quantitative estimate of drug-likeness (QED) is 0.591. The van der Waals surface area contributed by atoms with Gasteiger partial charge < -0.3 is 4.74 Å². The van der Waals surface area contributed by atoms with Crippen LogP contribution in [0.15, 0.2) is 29.1 Å². The predicted octanol–water partition coefficient (Wildman–Crippen LogP) is 4.69. The molecule has 7 heteroatoms. The molecule has 2 heterocycles. The molecule has 142 valence electrons. The molecule has 27 heavy (non-hydrogen) atoms. The van der Waals surface area contributed by atoms with Crippen molar-refractivity contribution in [3.63, 3.8) is 0 Å². The summed E-state index contributed by atoms with van der Waals surface area (Å²) in [6.07, 6.45) is 0. The molecule has 5 nitrogen and oxygen atoms in total. The predicted molar refractivity (Wildman–Crippen MR) is 110 cm³/mol. The number of aryl methyl sites for hydroxylation is 2. The number of nitrogens with zero attached hydrogens (tertiary/aromatic N) is 2. The Bertz CT molecular complexity index is 1080. The van der Waals surface area contributed by atoms with Gasteiger partial charge >= 0.3 is 5.97 Å². The van der Waals surface area contributed by atoms with E-state index in [2.05, 4.69) is 0 Å². The summed E-state index contributed by atoms with van der Waals surface area (Å²) >= 11 is 7.49. The van der Waals surface area contributed by atoms with Gasteiger partial charge in [0, 0.05) is 15.5 Å². The first-order chi connectivity index (χ1) is 12.7. The molecule has 0 bridgehead atoms. The fourth-order valence-corrected chi connectivity index (χ4v) is 4.15. The van der Waals surface area contributed by atoms with E-state index in [1.54, 1.807) is 45.0 Å². The second-order valence-electron chi connectivity index (χ2n) is 6.83. The van der Waals surface area contributed by atoms with Crippen molar-refractivity contribution < 1.29 is 9.53 Å². The molecule has 1 aromatic carbocycles. The maximum Gasteiger partial charge on any atom is 0.331 e. The third kappa shape index (κ3) is 3.28. The molecule has 3 rings (SSSR count). The summed E-state index contributed by atoms with van der Waals surface area (Å²) in [4.78, 5) is 32.6. The Labute approximate surface area is 166 Å². The van der Waals surface area contributed by atoms with Crippen molar-refractivity contribution >= 4 is 39.1 Å². The zero-order valence-corrected chi connectivity index (χ0v) is 17.5. The standard InChI is InChI=1S/C20H21ClN2O3S/c1-6-26-19(25)20(4,5)23-16(13-7-9-14(21)10-8-13)22-17-15(18(23)24)11(2)12(3)27-17/h7-10H,6H2,1-5H3. The van der Waals surface area contributed by atoms with Crippen molar-refractivity contribution in [2.75, 3.05) is 6.61 Å². The topological polar surface area (TPSA) is 61.2 Å². The number of halogens is 1. The van der Waals surface area contributed by atoms with Crippen molar-refractivity contribution in [2.45, 2.75) is 40.2 Å². The lowest BCUT2D eigenvalue weighted by atomic mass is 10.0. The van der Waals surface area contributed by atoms with Gasteiger partial charge in [0.05, 0.1) is 12.0 Å². The Kier molecular flexibility index (Phi) is 5.14. The molecule has 0 spiro atoms. The third-order valence-electron chi connectivity index (χ3n) is 4.64. The molecule has 3 aromatic rings. The molecule has 0 aliphatic carbocycles. The number of carbonyl (C=O) groups excluding carboxylic acids is 1. The highest BCUT2D eigenvalue weighted by atomic mass is 35.5. The lowest BCUT2D eigenvalue weighted by molar-refractivity contribution is -0.152. The number of ether oxygens (including phenoxy) is 1. The largest absolute Gasteiger partial charge is 0.464 e. The molecule has 0 saturated carbocycles. The van der Waals surface area contributed by atoms with Crippen molar-refractivity contribution in [1.82, 2.24) is 9.55 Å². The van der Waals surface area contributed by atoms with E-state index in [0.717, 1.165) is 10.4 Å². The smallest absolute Gasteiger partial charge is 0.331 e. The fourth-order valence-electron chi connectivity index (χ4n) is 3.00. The molecule has 0 amide bonds. The second kappa shape index (κ2) is 7.09. The first-order valence-electron chi connectivity index (χ1n) is 8.64. The summed E-state index contributed by atoms with van der Waals surface area (Å²) in [6, 6.07) is 7.06. The van der Waals surface area contributed by atoms with E-state index in [4.69, 9.17) is 21.3 Å². The number of carbonyl (C=O) groups is 1. The molecular formula is C20H21ClN2O3S. The van der Waals surface area contributed by atoms with Crippen LogP contribution in [-0.2, 0) is 15.1 Å². The number of esters is 1. The van der Waals surface area contributed by atoms with Gasteiger partial charge in [0.2, 0.25) is 0 Å². The van der Waals surface area contributed by atoms with Crippen LogP contribution >= 0.6 is 22.9 Å². The van der Waals surface area contributed by atoms with E-state index in [-0.39, 0.29) is 12.2 Å². The van der Waals surface area contributed by atoms with E-state index in [1.807, 2.05) is 13.8 Å². The monoisotopic (exact) mass is 404 g/mol. The minimum Gasteiger partial charge on any atom is -0.464 e. The maximum absolute atomic E-state index is 13.5. The highest BCUT2D eigenvalue weighted by molar-refractivity contribution is 7.18. The molecule has 2 aromatic heterocycles. The summed E-state index contributed by atoms with van der Waals surface area (Å²) in [6.45, 7) is 9.19. The van der Waals surface area contributed by atoms with Gasteiger partial charge in [-0.3, -0.25) is 9.36 Å².